The van der Waals surface area contributed by atoms with Gasteiger partial charge in [0.1, 0.15) is 6.04 Å². The van der Waals surface area contributed by atoms with Crippen LogP contribution in [-0.2, 0) is 14.4 Å². The smallest absolute Gasteiger partial charge is 0.326 e. The van der Waals surface area contributed by atoms with E-state index in [1.807, 2.05) is 0 Å². The second kappa shape index (κ2) is 12.6. The first-order valence-electron chi connectivity index (χ1n) is 9.26. The molecule has 0 spiro atoms. The summed E-state index contributed by atoms with van der Waals surface area (Å²) >= 11 is 5.63. The Balaban J connectivity index is 2.43. The molecule has 0 aliphatic carbocycles. The van der Waals surface area contributed by atoms with Crippen molar-refractivity contribution in [2.24, 2.45) is 5.73 Å². The van der Waals surface area contributed by atoms with Crippen LogP contribution >= 0.6 is 11.6 Å². The van der Waals surface area contributed by atoms with Crippen molar-refractivity contribution in [3.63, 3.8) is 0 Å². The zero-order chi connectivity index (χ0) is 23.6. The number of amides is 3. The van der Waals surface area contributed by atoms with Gasteiger partial charge >= 0.3 is 5.97 Å². The summed E-state index contributed by atoms with van der Waals surface area (Å²) in [7, 11) is 0. The number of phenols is 2. The van der Waals surface area contributed by atoms with Crippen molar-refractivity contribution in [1.82, 2.24) is 15.7 Å². The van der Waals surface area contributed by atoms with Gasteiger partial charge in [0.15, 0.2) is 11.5 Å². The Hall–Kier alpha value is -3.09. The molecule has 2 atom stereocenters. The lowest BCUT2D eigenvalue weighted by Crippen LogP contribution is -2.48. The van der Waals surface area contributed by atoms with Crippen LogP contribution in [0, 0.1) is 0 Å². The number of rotatable bonds is 13. The van der Waals surface area contributed by atoms with Gasteiger partial charge in [-0.1, -0.05) is 11.6 Å². The van der Waals surface area contributed by atoms with Crippen molar-refractivity contribution < 1.29 is 39.7 Å². The van der Waals surface area contributed by atoms with Crippen LogP contribution in [0.2, 0.25) is 5.02 Å². The maximum absolute atomic E-state index is 12.1. The number of aliphatic carboxylic acids is 1. The molecule has 0 saturated heterocycles. The molecule has 0 aliphatic heterocycles. The van der Waals surface area contributed by atoms with Gasteiger partial charge in [-0.05, 0) is 37.8 Å². The fourth-order valence-electron chi connectivity index (χ4n) is 2.53. The molecule has 0 saturated carbocycles. The van der Waals surface area contributed by atoms with Gasteiger partial charge in [0.25, 0.3) is 5.91 Å². The molecule has 8 N–H and O–H groups in total. The highest BCUT2D eigenvalue weighted by atomic mass is 35.5. The summed E-state index contributed by atoms with van der Waals surface area (Å²) in [5.74, 6) is -3.91. The molecule has 0 heterocycles. The molecule has 12 nitrogen and oxygen atoms in total. The number of carbonyl (C=O) groups is 4. The lowest BCUT2D eigenvalue weighted by atomic mass is 10.1. The molecular weight excluding hydrogens is 436 g/mol. The molecule has 31 heavy (non-hydrogen) atoms. The molecule has 3 amide bonds. The van der Waals surface area contributed by atoms with Crippen molar-refractivity contribution in [3.8, 4) is 11.5 Å². The van der Waals surface area contributed by atoms with Gasteiger partial charge in [-0.15, -0.1) is 0 Å². The molecule has 1 aromatic carbocycles. The van der Waals surface area contributed by atoms with Crippen LogP contribution in [0.1, 0.15) is 36.0 Å². The highest BCUT2D eigenvalue weighted by Crippen LogP contribution is 2.35. The summed E-state index contributed by atoms with van der Waals surface area (Å²) in [6, 6.07) is 0.222. The lowest BCUT2D eigenvalue weighted by Gasteiger charge is -2.18. The molecule has 13 heteroatoms. The van der Waals surface area contributed by atoms with E-state index in [9.17, 15) is 34.5 Å². The number of hydroxylamine groups is 2. The zero-order valence-electron chi connectivity index (χ0n) is 16.5. The Morgan fingerprint density at radius 3 is 2.45 bits per heavy atom. The average molecular weight is 461 g/mol. The number of hydrogen-bond acceptors (Lipinski definition) is 8. The van der Waals surface area contributed by atoms with Gasteiger partial charge in [0.2, 0.25) is 12.3 Å². The number of nitrogens with one attached hydrogen (secondary N) is 2. The number of carboxylic acid groups (broad SMARTS) is 1. The highest BCUT2D eigenvalue weighted by Gasteiger charge is 2.23. The molecule has 0 aromatic heterocycles. The van der Waals surface area contributed by atoms with Crippen molar-refractivity contribution in [1.29, 1.82) is 0 Å². The minimum Gasteiger partial charge on any atom is -0.504 e. The molecule has 1 rings (SSSR count). The largest absolute Gasteiger partial charge is 0.504 e. The fraction of sp³-hybridized carbons (Fsp3) is 0.444. The normalized spacial score (nSPS) is 12.5. The number of aromatic hydroxyl groups is 2. The molecule has 172 valence electrons. The Bertz CT molecular complexity index is 807. The van der Waals surface area contributed by atoms with E-state index < -0.39 is 41.4 Å². The van der Waals surface area contributed by atoms with E-state index in [1.54, 1.807) is 0 Å². The van der Waals surface area contributed by atoms with Gasteiger partial charge in [-0.3, -0.25) is 19.6 Å². The van der Waals surface area contributed by atoms with Gasteiger partial charge in [0, 0.05) is 13.1 Å². The molecule has 0 unspecified atom stereocenters. The van der Waals surface area contributed by atoms with Gasteiger partial charge < -0.3 is 31.7 Å². The van der Waals surface area contributed by atoms with Crippen LogP contribution in [-0.4, -0.2) is 75.0 Å². The van der Waals surface area contributed by atoms with Crippen molar-refractivity contribution in [2.75, 3.05) is 13.1 Å². The van der Waals surface area contributed by atoms with Gasteiger partial charge in [-0.25, -0.2) is 9.86 Å². The van der Waals surface area contributed by atoms with E-state index in [1.165, 1.54) is 12.1 Å². The maximum atomic E-state index is 12.1. The standard InChI is InChI=1S/C18H25ClN4O8/c19-11-6-5-10(14(25)15(11)26)16(27)21-7-1-3-12(20)17(28)22-13(18(29)30)4-2-8-23(31)9-24/h5-6,9,12-13,25-26,31H,1-4,7-8,20H2,(H,21,27)(H,22,28)(H,29,30)/t12-,13-/m1/s1. The van der Waals surface area contributed by atoms with Crippen LogP contribution in [0.15, 0.2) is 12.1 Å². The molecular formula is C18H25ClN4O8. The van der Waals surface area contributed by atoms with Gasteiger partial charge in [0.05, 0.1) is 16.6 Å². The summed E-state index contributed by atoms with van der Waals surface area (Å²) in [4.78, 5) is 45.7. The predicted octanol–water partition coefficient (Wildman–Crippen LogP) is -0.214. The summed E-state index contributed by atoms with van der Waals surface area (Å²) in [6.45, 7) is 0.0128. The second-order valence-electron chi connectivity index (χ2n) is 6.61. The molecule has 1 aromatic rings. The topological polar surface area (TPSA) is 203 Å². The Morgan fingerprint density at radius 2 is 1.84 bits per heavy atom. The molecule has 0 fully saturated rings. The minimum absolute atomic E-state index is 0.0216. The first kappa shape index (κ1) is 25.9. The predicted molar refractivity (Wildman–Crippen MR) is 108 cm³/mol. The zero-order valence-corrected chi connectivity index (χ0v) is 17.2. The number of carboxylic acids is 1. The monoisotopic (exact) mass is 460 g/mol. The first-order chi connectivity index (χ1) is 14.6. The number of phenolic OH excluding ortho intramolecular Hbond substituents is 2. The average Bonchev–Trinajstić information content (AvgIpc) is 2.73. The third-order valence-corrected chi connectivity index (χ3v) is 4.58. The van der Waals surface area contributed by atoms with E-state index in [-0.39, 0.29) is 55.8 Å². The van der Waals surface area contributed by atoms with Crippen LogP contribution in [0.4, 0.5) is 0 Å². The highest BCUT2D eigenvalue weighted by molar-refractivity contribution is 6.32. The number of nitrogens with two attached hydrogens (primary N) is 1. The maximum Gasteiger partial charge on any atom is 0.326 e. The summed E-state index contributed by atoms with van der Waals surface area (Å²) in [5, 5.41) is 42.5. The van der Waals surface area contributed by atoms with E-state index in [0.717, 1.165) is 0 Å². The number of hydrogen-bond donors (Lipinski definition) is 7. The summed E-state index contributed by atoms with van der Waals surface area (Å²) < 4.78 is 0. The van der Waals surface area contributed by atoms with Gasteiger partial charge in [-0.2, -0.15) is 0 Å². The third kappa shape index (κ3) is 8.28. The van der Waals surface area contributed by atoms with Crippen LogP contribution in [0.25, 0.3) is 0 Å². The van der Waals surface area contributed by atoms with E-state index in [4.69, 9.17) is 22.5 Å². The number of halogens is 1. The first-order valence-corrected chi connectivity index (χ1v) is 9.64. The van der Waals surface area contributed by atoms with E-state index in [2.05, 4.69) is 10.6 Å². The number of carbonyl (C=O) groups excluding carboxylic acids is 3. The molecule has 0 aliphatic rings. The fourth-order valence-corrected chi connectivity index (χ4v) is 2.69. The van der Waals surface area contributed by atoms with Crippen LogP contribution in [0.3, 0.4) is 0 Å². The summed E-state index contributed by atoms with van der Waals surface area (Å²) in [6.07, 6.45) is 0.705. The second-order valence-corrected chi connectivity index (χ2v) is 7.01. The Labute approximate surface area is 182 Å². The van der Waals surface area contributed by atoms with Crippen molar-refractivity contribution >= 4 is 35.8 Å². The van der Waals surface area contributed by atoms with Crippen molar-refractivity contribution in [2.45, 2.75) is 37.8 Å². The van der Waals surface area contributed by atoms with E-state index >= 15 is 0 Å². The van der Waals surface area contributed by atoms with Crippen LogP contribution < -0.4 is 16.4 Å². The number of benzene rings is 1. The Kier molecular flexibility index (Phi) is 10.5. The van der Waals surface area contributed by atoms with E-state index in [0.29, 0.717) is 5.06 Å². The minimum atomic E-state index is -1.28. The lowest BCUT2D eigenvalue weighted by molar-refractivity contribution is -0.150. The molecule has 0 bridgehead atoms. The third-order valence-electron chi connectivity index (χ3n) is 4.28. The quantitative estimate of drug-likeness (QED) is 0.0682. The number of nitrogens with zero attached hydrogens (tertiary/aromatic N) is 1. The van der Waals surface area contributed by atoms with Crippen LogP contribution in [0.5, 0.6) is 11.5 Å². The SMILES string of the molecule is N[C@H](CCCNC(=O)c1ccc(Cl)c(O)c1O)C(=O)N[C@H](CCCN(O)C=O)C(=O)O. The van der Waals surface area contributed by atoms with Crippen molar-refractivity contribution in [3.05, 3.63) is 22.7 Å². The molecule has 0 radical (unpaired) electrons. The summed E-state index contributed by atoms with van der Waals surface area (Å²) in [5.41, 5.74) is 5.58. The Morgan fingerprint density at radius 1 is 1.16 bits per heavy atom.